The first-order chi connectivity index (χ1) is 14.1. The predicted molar refractivity (Wildman–Crippen MR) is 105 cm³/mol. The van der Waals surface area contributed by atoms with Crippen molar-refractivity contribution in [2.75, 3.05) is 26.3 Å². The Morgan fingerprint density at radius 2 is 1.87 bits per heavy atom. The Morgan fingerprint density at radius 3 is 2.50 bits per heavy atom. The molecule has 10 heteroatoms. The number of carbonyl (C=O) groups excluding carboxylic acids is 1. The minimum Gasteiger partial charge on any atom is -0.379 e. The topological polar surface area (TPSA) is 75.7 Å². The van der Waals surface area contributed by atoms with Crippen LogP contribution in [0.5, 0.6) is 0 Å². The van der Waals surface area contributed by atoms with Crippen molar-refractivity contribution in [2.24, 2.45) is 5.92 Å². The van der Waals surface area contributed by atoms with Crippen molar-refractivity contribution in [1.82, 2.24) is 9.62 Å². The van der Waals surface area contributed by atoms with Crippen molar-refractivity contribution in [3.8, 4) is 0 Å². The van der Waals surface area contributed by atoms with Crippen LogP contribution in [-0.4, -0.2) is 57.2 Å². The predicted octanol–water partition coefficient (Wildman–Crippen LogP) is 3.12. The molecule has 1 aromatic carbocycles. The lowest BCUT2D eigenvalue weighted by atomic mass is 9.84. The number of carbonyl (C=O) groups is 1. The van der Waals surface area contributed by atoms with Crippen molar-refractivity contribution in [3.63, 3.8) is 0 Å². The van der Waals surface area contributed by atoms with Crippen molar-refractivity contribution in [1.29, 1.82) is 0 Å². The van der Waals surface area contributed by atoms with E-state index in [9.17, 15) is 26.4 Å². The van der Waals surface area contributed by atoms with E-state index in [1.807, 2.05) is 6.92 Å². The number of benzene rings is 1. The molecule has 0 bridgehead atoms. The van der Waals surface area contributed by atoms with Gasteiger partial charge >= 0.3 is 6.18 Å². The summed E-state index contributed by atoms with van der Waals surface area (Å²) in [5.74, 6) is -2.26. The van der Waals surface area contributed by atoms with Gasteiger partial charge in [-0.05, 0) is 37.0 Å². The molecule has 1 aliphatic carbocycles. The molecule has 2 aliphatic rings. The number of halogens is 3. The fourth-order valence-electron chi connectivity index (χ4n) is 4.10. The summed E-state index contributed by atoms with van der Waals surface area (Å²) in [6, 6.07) is 3.31. The molecule has 0 radical (unpaired) electrons. The average Bonchev–Trinajstić information content (AvgIpc) is 2.73. The van der Waals surface area contributed by atoms with E-state index in [4.69, 9.17) is 4.74 Å². The molecule has 1 aromatic rings. The molecule has 1 amide bonds. The van der Waals surface area contributed by atoms with Gasteiger partial charge in [-0.15, -0.1) is 0 Å². The molecule has 2 atom stereocenters. The molecule has 168 valence electrons. The fraction of sp³-hybridized carbons (Fsp3) is 0.650. The monoisotopic (exact) mass is 448 g/mol. The molecule has 1 aliphatic heterocycles. The van der Waals surface area contributed by atoms with Crippen molar-refractivity contribution in [2.45, 2.75) is 56.1 Å². The number of nitrogens with zero attached hydrogens (tertiary/aromatic N) is 1. The fourth-order valence-corrected chi connectivity index (χ4v) is 5.83. The SMILES string of the molecule is CCc1ccc(C(=O)NC2CCCCC2C(F)(F)F)cc1S(=O)(=O)N1CCOCC1. The van der Waals surface area contributed by atoms with Gasteiger partial charge in [0.1, 0.15) is 0 Å². The molecule has 30 heavy (non-hydrogen) atoms. The summed E-state index contributed by atoms with van der Waals surface area (Å²) in [6.45, 7) is 2.83. The summed E-state index contributed by atoms with van der Waals surface area (Å²) in [5, 5.41) is 2.50. The normalized spacial score (nSPS) is 23.9. The van der Waals surface area contributed by atoms with Crippen LogP contribution in [0.2, 0.25) is 0 Å². The number of hydrogen-bond acceptors (Lipinski definition) is 4. The molecule has 2 fully saturated rings. The number of sulfonamides is 1. The first kappa shape index (κ1) is 23.0. The van der Waals surface area contributed by atoms with E-state index in [0.29, 0.717) is 38.0 Å². The maximum Gasteiger partial charge on any atom is 0.393 e. The van der Waals surface area contributed by atoms with Crippen molar-refractivity contribution < 1.29 is 31.1 Å². The van der Waals surface area contributed by atoms with Crippen molar-refractivity contribution in [3.05, 3.63) is 29.3 Å². The van der Waals surface area contributed by atoms with E-state index >= 15 is 0 Å². The van der Waals surface area contributed by atoms with Crippen LogP contribution in [0.1, 0.15) is 48.5 Å². The zero-order valence-corrected chi connectivity index (χ0v) is 17.7. The van der Waals surface area contributed by atoms with Gasteiger partial charge in [0, 0.05) is 24.7 Å². The van der Waals surface area contributed by atoms with E-state index < -0.39 is 34.1 Å². The van der Waals surface area contributed by atoms with E-state index in [-0.39, 0.29) is 36.4 Å². The smallest absolute Gasteiger partial charge is 0.379 e. The molecular formula is C20H27F3N2O4S. The minimum atomic E-state index is -4.38. The Labute approximate surface area is 174 Å². The molecule has 0 aromatic heterocycles. The summed E-state index contributed by atoms with van der Waals surface area (Å²) in [5.41, 5.74) is 0.606. The van der Waals surface area contributed by atoms with Crippen molar-refractivity contribution >= 4 is 15.9 Å². The van der Waals surface area contributed by atoms with Gasteiger partial charge < -0.3 is 10.1 Å². The highest BCUT2D eigenvalue weighted by molar-refractivity contribution is 7.89. The average molecular weight is 449 g/mol. The summed E-state index contributed by atoms with van der Waals surface area (Å²) < 4.78 is 72.7. The van der Waals surface area contributed by atoms with Gasteiger partial charge in [-0.3, -0.25) is 4.79 Å². The third kappa shape index (κ3) is 4.97. The molecule has 1 N–H and O–H groups in total. The Kier molecular flexibility index (Phi) is 7.09. The summed E-state index contributed by atoms with van der Waals surface area (Å²) in [4.78, 5) is 12.8. The summed E-state index contributed by atoms with van der Waals surface area (Å²) in [7, 11) is -3.83. The Balaban J connectivity index is 1.86. The number of ether oxygens (including phenoxy) is 1. The molecule has 1 heterocycles. The standard InChI is InChI=1S/C20H27F3N2O4S/c1-2-14-7-8-15(13-18(14)30(27,28)25-9-11-29-12-10-25)19(26)24-17-6-4-3-5-16(17)20(21,22)23/h7-8,13,16-17H,2-6,9-12H2,1H3,(H,24,26). The van der Waals surface area contributed by atoms with E-state index in [1.54, 1.807) is 6.07 Å². The number of alkyl halides is 3. The zero-order chi connectivity index (χ0) is 21.9. The van der Waals surface area contributed by atoms with Gasteiger partial charge in [0.25, 0.3) is 5.91 Å². The first-order valence-electron chi connectivity index (χ1n) is 10.2. The highest BCUT2D eigenvalue weighted by atomic mass is 32.2. The van der Waals surface area contributed by atoms with Crippen LogP contribution in [0.4, 0.5) is 13.2 Å². The Bertz CT molecular complexity index is 867. The second-order valence-electron chi connectivity index (χ2n) is 7.71. The maximum atomic E-state index is 13.3. The lowest BCUT2D eigenvalue weighted by Crippen LogP contribution is -2.47. The number of aryl methyl sites for hydroxylation is 1. The summed E-state index contributed by atoms with van der Waals surface area (Å²) in [6.07, 6.45) is -2.61. The van der Waals surface area contributed by atoms with Gasteiger partial charge in [-0.2, -0.15) is 17.5 Å². The molecule has 0 spiro atoms. The lowest BCUT2D eigenvalue weighted by molar-refractivity contribution is -0.187. The van der Waals surface area contributed by atoms with Crippen LogP contribution in [-0.2, 0) is 21.2 Å². The molecule has 3 rings (SSSR count). The minimum absolute atomic E-state index is 0.0140. The molecular weight excluding hydrogens is 421 g/mol. The number of morpholine rings is 1. The van der Waals surface area contributed by atoms with Crippen LogP contribution >= 0.6 is 0 Å². The van der Waals surface area contributed by atoms with Crippen LogP contribution < -0.4 is 5.32 Å². The second-order valence-corrected chi connectivity index (χ2v) is 9.61. The highest BCUT2D eigenvalue weighted by Gasteiger charge is 2.46. The molecule has 1 saturated carbocycles. The van der Waals surface area contributed by atoms with Gasteiger partial charge in [0.05, 0.1) is 24.0 Å². The third-order valence-corrected chi connectivity index (χ3v) is 7.78. The lowest BCUT2D eigenvalue weighted by Gasteiger charge is -2.33. The Hall–Kier alpha value is -1.65. The largest absolute Gasteiger partial charge is 0.393 e. The Morgan fingerprint density at radius 1 is 1.20 bits per heavy atom. The van der Waals surface area contributed by atoms with Gasteiger partial charge in [0.2, 0.25) is 10.0 Å². The number of nitrogens with one attached hydrogen (secondary N) is 1. The van der Waals surface area contributed by atoms with E-state index in [1.165, 1.54) is 16.4 Å². The first-order valence-corrected chi connectivity index (χ1v) is 11.7. The number of amides is 1. The maximum absolute atomic E-state index is 13.3. The quantitative estimate of drug-likeness (QED) is 0.751. The third-order valence-electron chi connectivity index (χ3n) is 5.80. The number of hydrogen-bond donors (Lipinski definition) is 1. The molecule has 6 nitrogen and oxygen atoms in total. The van der Waals surface area contributed by atoms with Crippen LogP contribution in [0.15, 0.2) is 23.1 Å². The number of rotatable bonds is 5. The highest BCUT2D eigenvalue weighted by Crippen LogP contribution is 2.38. The van der Waals surface area contributed by atoms with Crippen LogP contribution in [0, 0.1) is 5.92 Å². The molecule has 2 unspecified atom stereocenters. The van der Waals surface area contributed by atoms with Gasteiger partial charge in [0.15, 0.2) is 0 Å². The van der Waals surface area contributed by atoms with Gasteiger partial charge in [-0.1, -0.05) is 25.8 Å². The summed E-state index contributed by atoms with van der Waals surface area (Å²) >= 11 is 0. The molecule has 1 saturated heterocycles. The van der Waals surface area contributed by atoms with E-state index in [2.05, 4.69) is 5.32 Å². The van der Waals surface area contributed by atoms with Crippen LogP contribution in [0.25, 0.3) is 0 Å². The van der Waals surface area contributed by atoms with E-state index in [0.717, 1.165) is 0 Å². The second kappa shape index (κ2) is 9.23. The van der Waals surface area contributed by atoms with Crippen LogP contribution in [0.3, 0.4) is 0 Å². The zero-order valence-electron chi connectivity index (χ0n) is 16.9. The van der Waals surface area contributed by atoms with Gasteiger partial charge in [-0.25, -0.2) is 8.42 Å².